The number of benzene rings is 1. The summed E-state index contributed by atoms with van der Waals surface area (Å²) in [6.07, 6.45) is 0.329. The predicted octanol–water partition coefficient (Wildman–Crippen LogP) is 2.78. The van der Waals surface area contributed by atoms with Crippen LogP contribution in [-0.2, 0) is 22.6 Å². The Balaban J connectivity index is 2.98. The minimum Gasteiger partial charge on any atom is -0.466 e. The molecule has 0 aliphatic carbocycles. The Bertz CT molecular complexity index is 607. The molecule has 0 aliphatic heterocycles. The van der Waals surface area contributed by atoms with E-state index in [1.165, 1.54) is 0 Å². The van der Waals surface area contributed by atoms with Crippen LogP contribution in [0.2, 0.25) is 0 Å². The number of hydrogen-bond donors (Lipinski definition) is 1. The van der Waals surface area contributed by atoms with Gasteiger partial charge in [-0.2, -0.15) is 4.39 Å². The number of halogens is 3. The van der Waals surface area contributed by atoms with Gasteiger partial charge in [-0.15, -0.1) is 0 Å². The van der Waals surface area contributed by atoms with Crippen LogP contribution in [0.1, 0.15) is 37.3 Å². The van der Waals surface area contributed by atoms with Gasteiger partial charge in [0.15, 0.2) is 5.82 Å². The van der Waals surface area contributed by atoms with Crippen LogP contribution in [-0.4, -0.2) is 22.6 Å². The van der Waals surface area contributed by atoms with Gasteiger partial charge in [-0.05, 0) is 26.2 Å². The van der Waals surface area contributed by atoms with Crippen molar-refractivity contribution >= 4 is 11.7 Å². The Morgan fingerprint density at radius 2 is 1.83 bits per heavy atom. The molecule has 0 amide bonds. The van der Waals surface area contributed by atoms with Gasteiger partial charge in [0.25, 0.3) is 0 Å². The lowest BCUT2D eigenvalue weighted by atomic mass is 9.98. The van der Waals surface area contributed by atoms with E-state index in [4.69, 9.17) is 9.84 Å². The molecule has 0 unspecified atom stereocenters. The van der Waals surface area contributed by atoms with Crippen LogP contribution in [0.4, 0.5) is 18.9 Å². The van der Waals surface area contributed by atoms with Gasteiger partial charge in [0.1, 0.15) is 0 Å². The first-order valence-electron chi connectivity index (χ1n) is 6.94. The van der Waals surface area contributed by atoms with Crippen molar-refractivity contribution in [2.45, 2.75) is 39.2 Å². The minimum absolute atomic E-state index is 0.0513. The van der Waals surface area contributed by atoms with E-state index in [0.717, 1.165) is 0 Å². The first kappa shape index (κ1) is 18.9. The molecule has 0 aromatic heterocycles. The third-order valence-electron chi connectivity index (χ3n) is 3.21. The Hall–Kier alpha value is -2.16. The number of aliphatic hydroxyl groups excluding tert-OH is 1. The number of carbonyl (C=O) groups excluding carboxylic acids is 1. The highest BCUT2D eigenvalue weighted by atomic mass is 19.2. The molecule has 1 aromatic rings. The first-order chi connectivity index (χ1) is 10.8. The third-order valence-corrected chi connectivity index (χ3v) is 3.21. The smallest absolute Gasteiger partial charge is 0.313 e. The molecule has 0 heterocycles. The maximum Gasteiger partial charge on any atom is 0.313 e. The average molecular weight is 335 g/mol. The number of rotatable bonds is 8. The van der Waals surface area contributed by atoms with Crippen molar-refractivity contribution < 1.29 is 32.7 Å². The number of ether oxygens (including phenoxy) is 1. The molecule has 0 spiro atoms. The van der Waals surface area contributed by atoms with Crippen LogP contribution < -0.4 is 0 Å². The molecule has 0 fully saturated rings. The summed E-state index contributed by atoms with van der Waals surface area (Å²) in [4.78, 5) is 20.8. The Morgan fingerprint density at radius 1 is 1.17 bits per heavy atom. The summed E-state index contributed by atoms with van der Waals surface area (Å²) in [5, 5.41) is 20.0. The van der Waals surface area contributed by atoms with Crippen molar-refractivity contribution in [2.24, 2.45) is 0 Å². The summed E-state index contributed by atoms with van der Waals surface area (Å²) in [5.41, 5.74) is -2.32. The molecule has 1 aromatic carbocycles. The monoisotopic (exact) mass is 335 g/mol. The lowest BCUT2D eigenvalue weighted by Crippen LogP contribution is -2.10. The molecule has 1 rings (SSSR count). The summed E-state index contributed by atoms with van der Waals surface area (Å²) in [6, 6.07) is 0. The summed E-state index contributed by atoms with van der Waals surface area (Å²) >= 11 is 0. The summed E-state index contributed by atoms with van der Waals surface area (Å²) in [5.74, 6) is -5.90. The van der Waals surface area contributed by atoms with E-state index >= 15 is 0 Å². The maximum atomic E-state index is 13.8. The summed E-state index contributed by atoms with van der Waals surface area (Å²) in [6.45, 7) is 0.857. The van der Waals surface area contributed by atoms with Gasteiger partial charge in [-0.3, -0.25) is 14.9 Å². The van der Waals surface area contributed by atoms with Gasteiger partial charge in [-0.25, -0.2) is 8.78 Å². The molecule has 0 saturated carbocycles. The number of unbranched alkanes of at least 4 members (excludes halogenated alkanes) is 1. The lowest BCUT2D eigenvalue weighted by Gasteiger charge is -2.11. The van der Waals surface area contributed by atoms with Gasteiger partial charge in [-0.1, -0.05) is 0 Å². The second-order valence-electron chi connectivity index (χ2n) is 4.68. The average Bonchev–Trinajstić information content (AvgIpc) is 2.50. The van der Waals surface area contributed by atoms with Gasteiger partial charge in [0.2, 0.25) is 11.6 Å². The topological polar surface area (TPSA) is 89.7 Å². The van der Waals surface area contributed by atoms with E-state index in [-0.39, 0.29) is 32.3 Å². The predicted molar refractivity (Wildman–Crippen MR) is 73.1 cm³/mol. The third kappa shape index (κ3) is 4.41. The molecule has 0 aliphatic rings. The van der Waals surface area contributed by atoms with Crippen LogP contribution in [0.15, 0.2) is 0 Å². The van der Waals surface area contributed by atoms with Gasteiger partial charge < -0.3 is 9.84 Å². The number of nitrogens with zero attached hydrogens (tertiary/aromatic N) is 1. The van der Waals surface area contributed by atoms with Crippen molar-refractivity contribution in [1.29, 1.82) is 0 Å². The minimum atomic E-state index is -1.95. The zero-order valence-electron chi connectivity index (χ0n) is 12.4. The highest BCUT2D eigenvalue weighted by Gasteiger charge is 2.31. The lowest BCUT2D eigenvalue weighted by molar-refractivity contribution is -0.389. The molecule has 1 N–H and O–H groups in total. The zero-order chi connectivity index (χ0) is 17.6. The molecule has 6 nitrogen and oxygen atoms in total. The van der Waals surface area contributed by atoms with Crippen molar-refractivity contribution in [3.8, 4) is 0 Å². The van der Waals surface area contributed by atoms with Crippen molar-refractivity contribution in [3.63, 3.8) is 0 Å². The van der Waals surface area contributed by atoms with E-state index in [1.807, 2.05) is 0 Å². The molecule has 0 radical (unpaired) electrons. The Morgan fingerprint density at radius 3 is 2.35 bits per heavy atom. The number of esters is 1. The number of hydrogen-bond acceptors (Lipinski definition) is 5. The fourth-order valence-corrected chi connectivity index (χ4v) is 2.17. The van der Waals surface area contributed by atoms with Crippen LogP contribution >= 0.6 is 0 Å². The molecular weight excluding hydrogens is 319 g/mol. The van der Waals surface area contributed by atoms with Crippen molar-refractivity contribution in [1.82, 2.24) is 0 Å². The van der Waals surface area contributed by atoms with E-state index in [2.05, 4.69) is 0 Å². The zero-order valence-corrected chi connectivity index (χ0v) is 12.4. The molecule has 0 atom stereocenters. The Labute approximate surface area is 130 Å². The normalized spacial score (nSPS) is 10.7. The fourth-order valence-electron chi connectivity index (χ4n) is 2.17. The standard InChI is InChI=1S/C14H16F3NO5/c1-2-23-10(20)6-4-3-5-8-9(7-19)14(18(21)22)13(17)12(16)11(8)15/h19H,2-7H2,1H3. The Kier molecular flexibility index (Phi) is 6.95. The molecule has 0 saturated heterocycles. The largest absolute Gasteiger partial charge is 0.466 e. The van der Waals surface area contributed by atoms with Gasteiger partial charge in [0.05, 0.1) is 23.7 Å². The molecular formula is C14H16F3NO5. The first-order valence-corrected chi connectivity index (χ1v) is 6.94. The quantitative estimate of drug-likeness (QED) is 0.259. The molecule has 23 heavy (non-hydrogen) atoms. The number of carbonyl (C=O) groups is 1. The van der Waals surface area contributed by atoms with Crippen LogP contribution in [0.5, 0.6) is 0 Å². The van der Waals surface area contributed by atoms with Crippen LogP contribution in [0.3, 0.4) is 0 Å². The van der Waals surface area contributed by atoms with Crippen LogP contribution in [0.25, 0.3) is 0 Å². The molecule has 0 bridgehead atoms. The summed E-state index contributed by atoms with van der Waals surface area (Å²) < 4.78 is 45.5. The van der Waals surface area contributed by atoms with Crippen LogP contribution in [0, 0.1) is 27.6 Å². The second kappa shape index (κ2) is 8.47. The SMILES string of the molecule is CCOC(=O)CCCCc1c(F)c(F)c(F)c([N+](=O)[O-])c1CO. The maximum absolute atomic E-state index is 13.8. The second-order valence-corrected chi connectivity index (χ2v) is 4.68. The van der Waals surface area contributed by atoms with Gasteiger partial charge in [0, 0.05) is 12.0 Å². The fraction of sp³-hybridized carbons (Fsp3) is 0.500. The number of nitro groups is 1. The highest BCUT2D eigenvalue weighted by molar-refractivity contribution is 5.69. The highest BCUT2D eigenvalue weighted by Crippen LogP contribution is 2.32. The molecule has 9 heteroatoms. The number of aliphatic hydroxyl groups is 1. The number of nitro benzene ring substituents is 1. The van der Waals surface area contributed by atoms with Gasteiger partial charge >= 0.3 is 11.7 Å². The van der Waals surface area contributed by atoms with E-state index in [0.29, 0.717) is 0 Å². The summed E-state index contributed by atoms with van der Waals surface area (Å²) in [7, 11) is 0. The van der Waals surface area contributed by atoms with Crippen molar-refractivity contribution in [2.75, 3.05) is 6.61 Å². The van der Waals surface area contributed by atoms with E-state index in [9.17, 15) is 28.1 Å². The van der Waals surface area contributed by atoms with E-state index < -0.39 is 51.8 Å². The van der Waals surface area contributed by atoms with Crippen molar-refractivity contribution in [3.05, 3.63) is 38.7 Å². The van der Waals surface area contributed by atoms with E-state index in [1.54, 1.807) is 6.92 Å². The molecule has 128 valence electrons.